The summed E-state index contributed by atoms with van der Waals surface area (Å²) < 4.78 is 19.7. The molecule has 0 aliphatic carbocycles. The molecule has 2 rings (SSSR count). The molecule has 1 fully saturated rings. The van der Waals surface area contributed by atoms with Crippen molar-refractivity contribution in [2.24, 2.45) is 0 Å². The third-order valence-electron chi connectivity index (χ3n) is 3.14. The number of ether oxygens (including phenoxy) is 1. The summed E-state index contributed by atoms with van der Waals surface area (Å²) in [5, 5.41) is 11.7. The highest BCUT2D eigenvalue weighted by Crippen LogP contribution is 2.18. The summed E-state index contributed by atoms with van der Waals surface area (Å²) in [5.41, 5.74) is 0.0539. The second-order valence-corrected chi connectivity index (χ2v) is 5.60. The lowest BCUT2D eigenvalue weighted by atomic mass is 10.1. The number of benzene rings is 1. The van der Waals surface area contributed by atoms with E-state index in [0.29, 0.717) is 17.6 Å². The smallest absolute Gasteiger partial charge is 0.262 e. The molecule has 1 saturated heterocycles. The Morgan fingerprint density at radius 2 is 2.43 bits per heavy atom. The van der Waals surface area contributed by atoms with Gasteiger partial charge in [0.05, 0.1) is 6.10 Å². The zero-order valence-corrected chi connectivity index (χ0v) is 12.8. The standard InChI is InChI=1S/C15H14BrFN2O2/c16-12-3-4-14(17)10(7-12)6-11(8-18)15(20)19-9-13-2-1-5-21-13/h3-4,6-7,13H,1-2,5,9H2,(H,19,20)/b11-6+/t13-/m1/s1. The van der Waals surface area contributed by atoms with E-state index < -0.39 is 11.7 Å². The Labute approximate surface area is 130 Å². The number of amides is 1. The molecule has 1 atom stereocenters. The van der Waals surface area contributed by atoms with E-state index in [1.54, 1.807) is 12.1 Å². The molecule has 1 N–H and O–H groups in total. The molecular weight excluding hydrogens is 339 g/mol. The molecular formula is C15H14BrFN2O2. The van der Waals surface area contributed by atoms with Crippen LogP contribution < -0.4 is 5.32 Å². The summed E-state index contributed by atoms with van der Waals surface area (Å²) >= 11 is 3.22. The molecule has 0 radical (unpaired) electrons. The summed E-state index contributed by atoms with van der Waals surface area (Å²) in [6, 6.07) is 6.14. The summed E-state index contributed by atoms with van der Waals surface area (Å²) in [5.74, 6) is -1.01. The molecule has 1 aromatic rings. The molecule has 110 valence electrons. The van der Waals surface area contributed by atoms with E-state index in [0.717, 1.165) is 12.8 Å². The van der Waals surface area contributed by atoms with E-state index in [2.05, 4.69) is 21.2 Å². The van der Waals surface area contributed by atoms with Crippen LogP contribution in [0.5, 0.6) is 0 Å². The third kappa shape index (κ3) is 4.38. The molecule has 0 aromatic heterocycles. The lowest BCUT2D eigenvalue weighted by Gasteiger charge is -2.10. The Hall–Kier alpha value is -1.71. The predicted molar refractivity (Wildman–Crippen MR) is 79.7 cm³/mol. The van der Waals surface area contributed by atoms with Crippen molar-refractivity contribution in [2.75, 3.05) is 13.2 Å². The summed E-state index contributed by atoms with van der Waals surface area (Å²) in [4.78, 5) is 11.9. The van der Waals surface area contributed by atoms with Crippen molar-refractivity contribution in [1.29, 1.82) is 5.26 Å². The lowest BCUT2D eigenvalue weighted by Crippen LogP contribution is -2.32. The van der Waals surface area contributed by atoms with Crippen LogP contribution in [0.1, 0.15) is 18.4 Å². The molecule has 0 saturated carbocycles. The van der Waals surface area contributed by atoms with Crippen LogP contribution in [-0.4, -0.2) is 25.2 Å². The van der Waals surface area contributed by atoms with Crippen molar-refractivity contribution in [3.8, 4) is 6.07 Å². The summed E-state index contributed by atoms with van der Waals surface area (Å²) in [6.45, 7) is 1.06. The molecule has 21 heavy (non-hydrogen) atoms. The Kier molecular flexibility index (Phi) is 5.48. The molecule has 0 unspecified atom stereocenters. The molecule has 4 nitrogen and oxygen atoms in total. The van der Waals surface area contributed by atoms with Gasteiger partial charge in [0.1, 0.15) is 17.5 Å². The summed E-state index contributed by atoms with van der Waals surface area (Å²) in [6.07, 6.45) is 3.11. The van der Waals surface area contributed by atoms with Gasteiger partial charge in [-0.2, -0.15) is 5.26 Å². The first-order chi connectivity index (χ1) is 10.1. The van der Waals surface area contributed by atoms with Crippen molar-refractivity contribution in [2.45, 2.75) is 18.9 Å². The van der Waals surface area contributed by atoms with E-state index in [1.807, 2.05) is 0 Å². The zero-order chi connectivity index (χ0) is 15.2. The minimum Gasteiger partial charge on any atom is -0.376 e. The fourth-order valence-corrected chi connectivity index (χ4v) is 2.42. The Morgan fingerprint density at radius 1 is 1.62 bits per heavy atom. The maximum absolute atomic E-state index is 13.6. The number of nitrogens with zero attached hydrogens (tertiary/aromatic N) is 1. The Bertz CT molecular complexity index is 604. The molecule has 1 amide bonds. The second kappa shape index (κ2) is 7.34. The van der Waals surface area contributed by atoms with Crippen molar-refractivity contribution in [1.82, 2.24) is 5.32 Å². The van der Waals surface area contributed by atoms with Crippen LogP contribution in [-0.2, 0) is 9.53 Å². The number of carbonyl (C=O) groups is 1. The number of rotatable bonds is 4. The SMILES string of the molecule is N#C/C(=C\c1cc(Br)ccc1F)C(=O)NC[C@H]1CCCO1. The van der Waals surface area contributed by atoms with Gasteiger partial charge in [0.2, 0.25) is 0 Å². The lowest BCUT2D eigenvalue weighted by molar-refractivity contribution is -0.117. The first kappa shape index (κ1) is 15.7. The van der Waals surface area contributed by atoms with Crippen LogP contribution in [0.2, 0.25) is 0 Å². The zero-order valence-electron chi connectivity index (χ0n) is 11.2. The molecule has 1 heterocycles. The molecule has 0 spiro atoms. The maximum atomic E-state index is 13.6. The van der Waals surface area contributed by atoms with Gasteiger partial charge < -0.3 is 10.1 Å². The topological polar surface area (TPSA) is 62.1 Å². The number of carbonyl (C=O) groups excluding carboxylic acids is 1. The highest BCUT2D eigenvalue weighted by molar-refractivity contribution is 9.10. The van der Waals surface area contributed by atoms with Gasteiger partial charge in [-0.3, -0.25) is 4.79 Å². The Balaban J connectivity index is 2.07. The third-order valence-corrected chi connectivity index (χ3v) is 3.63. The first-order valence-corrected chi connectivity index (χ1v) is 7.36. The highest BCUT2D eigenvalue weighted by Gasteiger charge is 2.17. The first-order valence-electron chi connectivity index (χ1n) is 6.57. The second-order valence-electron chi connectivity index (χ2n) is 4.68. The Morgan fingerprint density at radius 3 is 3.10 bits per heavy atom. The van der Waals surface area contributed by atoms with Gasteiger partial charge in [-0.15, -0.1) is 0 Å². The van der Waals surface area contributed by atoms with Gasteiger partial charge in [0, 0.05) is 23.2 Å². The normalized spacial score (nSPS) is 18.3. The minimum absolute atomic E-state index is 0.00324. The van der Waals surface area contributed by atoms with Crippen molar-refractivity contribution in [3.63, 3.8) is 0 Å². The molecule has 1 aliphatic rings. The largest absolute Gasteiger partial charge is 0.376 e. The van der Waals surface area contributed by atoms with Gasteiger partial charge in [-0.1, -0.05) is 15.9 Å². The monoisotopic (exact) mass is 352 g/mol. The van der Waals surface area contributed by atoms with Crippen molar-refractivity contribution < 1.29 is 13.9 Å². The number of hydrogen-bond acceptors (Lipinski definition) is 3. The maximum Gasteiger partial charge on any atom is 0.262 e. The van der Waals surface area contributed by atoms with E-state index in [-0.39, 0.29) is 17.2 Å². The summed E-state index contributed by atoms with van der Waals surface area (Å²) in [7, 11) is 0. The number of nitrogens with one attached hydrogen (secondary N) is 1. The van der Waals surface area contributed by atoms with Gasteiger partial charge >= 0.3 is 0 Å². The molecule has 1 aromatic carbocycles. The minimum atomic E-state index is -0.521. The number of hydrogen-bond donors (Lipinski definition) is 1. The fourth-order valence-electron chi connectivity index (χ4n) is 2.04. The number of halogens is 2. The fraction of sp³-hybridized carbons (Fsp3) is 0.333. The van der Waals surface area contributed by atoms with Crippen LogP contribution in [0, 0.1) is 17.1 Å². The molecule has 1 aliphatic heterocycles. The van der Waals surface area contributed by atoms with Crippen LogP contribution >= 0.6 is 15.9 Å². The van der Waals surface area contributed by atoms with Crippen LogP contribution in [0.25, 0.3) is 6.08 Å². The van der Waals surface area contributed by atoms with Crippen LogP contribution in [0.3, 0.4) is 0 Å². The van der Waals surface area contributed by atoms with E-state index in [1.165, 1.54) is 18.2 Å². The van der Waals surface area contributed by atoms with Gasteiger partial charge in [0.25, 0.3) is 5.91 Å². The van der Waals surface area contributed by atoms with Gasteiger partial charge in [0.15, 0.2) is 0 Å². The van der Waals surface area contributed by atoms with Crippen molar-refractivity contribution >= 4 is 27.9 Å². The predicted octanol–water partition coefficient (Wildman–Crippen LogP) is 2.79. The van der Waals surface area contributed by atoms with E-state index >= 15 is 0 Å². The van der Waals surface area contributed by atoms with Gasteiger partial charge in [-0.05, 0) is 37.1 Å². The number of nitriles is 1. The van der Waals surface area contributed by atoms with E-state index in [4.69, 9.17) is 10.00 Å². The molecule has 0 bridgehead atoms. The van der Waals surface area contributed by atoms with Crippen molar-refractivity contribution in [3.05, 3.63) is 39.6 Å². The van der Waals surface area contributed by atoms with Crippen LogP contribution in [0.4, 0.5) is 4.39 Å². The van der Waals surface area contributed by atoms with Crippen LogP contribution in [0.15, 0.2) is 28.2 Å². The average molecular weight is 353 g/mol. The average Bonchev–Trinajstić information content (AvgIpc) is 2.99. The van der Waals surface area contributed by atoms with Gasteiger partial charge in [-0.25, -0.2) is 4.39 Å². The molecule has 6 heteroatoms. The highest BCUT2D eigenvalue weighted by atomic mass is 79.9. The van der Waals surface area contributed by atoms with E-state index in [9.17, 15) is 9.18 Å². The quantitative estimate of drug-likeness (QED) is 0.669.